The number of nitrogens with one attached hydrogen (secondary N) is 1. The van der Waals surface area contributed by atoms with Crippen LogP contribution in [0.1, 0.15) is 12.8 Å². The molecule has 0 amide bonds. The van der Waals surface area contributed by atoms with E-state index in [0.717, 1.165) is 30.8 Å². The van der Waals surface area contributed by atoms with Crippen molar-refractivity contribution >= 4 is 5.69 Å². The van der Waals surface area contributed by atoms with E-state index in [0.29, 0.717) is 13.2 Å². The summed E-state index contributed by atoms with van der Waals surface area (Å²) in [5.74, 6) is 0.850. The van der Waals surface area contributed by atoms with E-state index in [1.54, 1.807) is 7.11 Å². The van der Waals surface area contributed by atoms with Gasteiger partial charge in [0.1, 0.15) is 12.4 Å². The molecule has 0 spiro atoms. The molecule has 4 heteroatoms. The van der Waals surface area contributed by atoms with Gasteiger partial charge in [-0.15, -0.1) is 0 Å². The summed E-state index contributed by atoms with van der Waals surface area (Å²) in [6, 6.07) is 7.84. The fraction of sp³-hybridized carbons (Fsp3) is 0.538. The Hall–Kier alpha value is -1.26. The molecule has 0 bridgehead atoms. The smallest absolute Gasteiger partial charge is 0.119 e. The van der Waals surface area contributed by atoms with E-state index in [2.05, 4.69) is 5.32 Å². The minimum absolute atomic E-state index is 0.258. The van der Waals surface area contributed by atoms with Crippen molar-refractivity contribution < 1.29 is 14.6 Å². The van der Waals surface area contributed by atoms with Crippen molar-refractivity contribution in [2.45, 2.75) is 12.8 Å². The first-order valence-corrected chi connectivity index (χ1v) is 5.93. The van der Waals surface area contributed by atoms with E-state index in [1.165, 1.54) is 0 Å². The molecule has 0 heterocycles. The van der Waals surface area contributed by atoms with Crippen molar-refractivity contribution in [2.24, 2.45) is 0 Å². The zero-order valence-corrected chi connectivity index (χ0v) is 10.3. The lowest BCUT2D eigenvalue weighted by molar-refractivity contribution is 0.146. The summed E-state index contributed by atoms with van der Waals surface area (Å²) in [5.41, 5.74) is 1.07. The molecule has 0 aliphatic carbocycles. The molecule has 1 aromatic rings. The van der Waals surface area contributed by atoms with Crippen molar-refractivity contribution in [3.05, 3.63) is 24.3 Å². The molecule has 0 fully saturated rings. The highest BCUT2D eigenvalue weighted by molar-refractivity contribution is 5.46. The maximum absolute atomic E-state index is 8.65. The third-order valence-electron chi connectivity index (χ3n) is 2.32. The Morgan fingerprint density at radius 2 is 1.88 bits per heavy atom. The van der Waals surface area contributed by atoms with E-state index < -0.39 is 0 Å². The molecule has 2 N–H and O–H groups in total. The second-order valence-electron chi connectivity index (χ2n) is 3.72. The Balaban J connectivity index is 2.24. The second-order valence-corrected chi connectivity index (χ2v) is 3.72. The molecule has 1 rings (SSSR count). The molecule has 0 aliphatic heterocycles. The third kappa shape index (κ3) is 6.14. The van der Waals surface area contributed by atoms with Gasteiger partial charge in [-0.1, -0.05) is 0 Å². The van der Waals surface area contributed by atoms with E-state index >= 15 is 0 Å². The minimum Gasteiger partial charge on any atom is -0.491 e. The number of hydrogen-bond acceptors (Lipinski definition) is 4. The van der Waals surface area contributed by atoms with Gasteiger partial charge in [0.15, 0.2) is 0 Å². The molecule has 0 radical (unpaired) electrons. The van der Waals surface area contributed by atoms with Gasteiger partial charge in [-0.05, 0) is 37.1 Å². The monoisotopic (exact) mass is 239 g/mol. The molecule has 1 aromatic carbocycles. The van der Waals surface area contributed by atoms with Gasteiger partial charge in [-0.25, -0.2) is 0 Å². The number of methoxy groups -OCH3 is 1. The van der Waals surface area contributed by atoms with E-state index in [1.807, 2.05) is 24.3 Å². The summed E-state index contributed by atoms with van der Waals surface area (Å²) in [5, 5.41) is 11.9. The molecule has 0 unspecified atom stereocenters. The average molecular weight is 239 g/mol. The van der Waals surface area contributed by atoms with Crippen LogP contribution in [0.5, 0.6) is 5.75 Å². The first-order valence-electron chi connectivity index (χ1n) is 5.93. The fourth-order valence-electron chi connectivity index (χ4n) is 1.38. The highest BCUT2D eigenvalue weighted by Gasteiger charge is 1.95. The van der Waals surface area contributed by atoms with E-state index in [4.69, 9.17) is 14.6 Å². The third-order valence-corrected chi connectivity index (χ3v) is 2.32. The van der Waals surface area contributed by atoms with Gasteiger partial charge in [0.05, 0.1) is 6.61 Å². The molecule has 0 atom stereocenters. The van der Waals surface area contributed by atoms with Crippen molar-refractivity contribution in [3.63, 3.8) is 0 Å². The standard InChI is InChI=1S/C13H21NO3/c1-16-10-11-17-13-6-4-12(5-7-13)14-8-2-3-9-15/h4-7,14-15H,2-3,8-11H2,1H3. The Bertz CT molecular complexity index is 287. The molecule has 0 saturated heterocycles. The summed E-state index contributed by atoms with van der Waals surface area (Å²) in [4.78, 5) is 0. The van der Waals surface area contributed by atoms with Crippen LogP contribution in [0.25, 0.3) is 0 Å². The summed E-state index contributed by atoms with van der Waals surface area (Å²) in [6.07, 6.45) is 1.81. The normalized spacial score (nSPS) is 10.2. The summed E-state index contributed by atoms with van der Waals surface area (Å²) in [6.45, 7) is 2.30. The van der Waals surface area contributed by atoms with Crippen LogP contribution >= 0.6 is 0 Å². The number of aliphatic hydroxyl groups excluding tert-OH is 1. The molecule has 4 nitrogen and oxygen atoms in total. The summed E-state index contributed by atoms with van der Waals surface area (Å²) >= 11 is 0. The van der Waals surface area contributed by atoms with Crippen molar-refractivity contribution in [1.82, 2.24) is 0 Å². The first-order chi connectivity index (χ1) is 8.36. The molecule has 0 aromatic heterocycles. The zero-order valence-electron chi connectivity index (χ0n) is 10.3. The van der Waals surface area contributed by atoms with Crippen LogP contribution in [0.2, 0.25) is 0 Å². The zero-order chi connectivity index (χ0) is 12.3. The van der Waals surface area contributed by atoms with Crippen LogP contribution in [-0.4, -0.2) is 38.6 Å². The lowest BCUT2D eigenvalue weighted by atomic mass is 10.2. The molecular weight excluding hydrogens is 218 g/mol. The topological polar surface area (TPSA) is 50.7 Å². The largest absolute Gasteiger partial charge is 0.491 e. The predicted molar refractivity (Wildman–Crippen MR) is 68.6 cm³/mol. The van der Waals surface area contributed by atoms with Crippen molar-refractivity contribution in [1.29, 1.82) is 0 Å². The van der Waals surface area contributed by atoms with Crippen LogP contribution < -0.4 is 10.1 Å². The van der Waals surface area contributed by atoms with Gasteiger partial charge in [-0.3, -0.25) is 0 Å². The number of rotatable bonds is 9. The van der Waals surface area contributed by atoms with Crippen molar-refractivity contribution in [2.75, 3.05) is 38.8 Å². The van der Waals surface area contributed by atoms with Crippen LogP contribution in [0.3, 0.4) is 0 Å². The maximum Gasteiger partial charge on any atom is 0.119 e. The number of unbranched alkanes of at least 4 members (excludes halogenated alkanes) is 1. The van der Waals surface area contributed by atoms with Crippen LogP contribution in [0.15, 0.2) is 24.3 Å². The number of ether oxygens (including phenoxy) is 2. The second kappa shape index (κ2) is 8.84. The lowest BCUT2D eigenvalue weighted by Crippen LogP contribution is -2.05. The number of hydrogen-bond donors (Lipinski definition) is 2. The first kappa shape index (κ1) is 13.8. The Morgan fingerprint density at radius 1 is 1.12 bits per heavy atom. The molecule has 0 aliphatic rings. The van der Waals surface area contributed by atoms with E-state index in [-0.39, 0.29) is 6.61 Å². The number of benzene rings is 1. The quantitative estimate of drug-likeness (QED) is 0.646. The lowest BCUT2D eigenvalue weighted by Gasteiger charge is -2.08. The molecular formula is C13H21NO3. The highest BCUT2D eigenvalue weighted by atomic mass is 16.5. The average Bonchev–Trinajstić information content (AvgIpc) is 2.37. The Kier molecular flexibility index (Phi) is 7.18. The van der Waals surface area contributed by atoms with Gasteiger partial charge in [0.25, 0.3) is 0 Å². The van der Waals surface area contributed by atoms with Gasteiger partial charge >= 0.3 is 0 Å². The summed E-state index contributed by atoms with van der Waals surface area (Å²) in [7, 11) is 1.66. The number of anilines is 1. The highest BCUT2D eigenvalue weighted by Crippen LogP contribution is 2.15. The van der Waals surface area contributed by atoms with Crippen LogP contribution in [-0.2, 0) is 4.74 Å². The van der Waals surface area contributed by atoms with Gasteiger partial charge in [0.2, 0.25) is 0 Å². The Labute approximate surface area is 103 Å². The predicted octanol–water partition coefficient (Wildman–Crippen LogP) is 1.90. The SMILES string of the molecule is COCCOc1ccc(NCCCCO)cc1. The van der Waals surface area contributed by atoms with Gasteiger partial charge in [0, 0.05) is 25.9 Å². The van der Waals surface area contributed by atoms with Gasteiger partial charge < -0.3 is 19.9 Å². The molecule has 0 saturated carbocycles. The molecule has 17 heavy (non-hydrogen) atoms. The van der Waals surface area contributed by atoms with Gasteiger partial charge in [-0.2, -0.15) is 0 Å². The number of aliphatic hydroxyl groups is 1. The fourth-order valence-corrected chi connectivity index (χ4v) is 1.38. The maximum atomic E-state index is 8.65. The molecule has 96 valence electrons. The van der Waals surface area contributed by atoms with Crippen molar-refractivity contribution in [3.8, 4) is 5.75 Å². The van der Waals surface area contributed by atoms with Crippen LogP contribution in [0, 0.1) is 0 Å². The minimum atomic E-state index is 0.258. The van der Waals surface area contributed by atoms with Crippen LogP contribution in [0.4, 0.5) is 5.69 Å². The summed E-state index contributed by atoms with van der Waals surface area (Å²) < 4.78 is 10.4. The van der Waals surface area contributed by atoms with E-state index in [9.17, 15) is 0 Å². The Morgan fingerprint density at radius 3 is 2.53 bits per heavy atom.